The third-order valence-electron chi connectivity index (χ3n) is 4.56. The summed E-state index contributed by atoms with van der Waals surface area (Å²) in [4.78, 5) is 37.2. The first-order chi connectivity index (χ1) is 14.3. The highest BCUT2D eigenvalue weighted by atomic mass is 32.2. The third kappa shape index (κ3) is 3.50. The lowest BCUT2D eigenvalue weighted by molar-refractivity contribution is -0.384. The molecule has 0 bridgehead atoms. The Labute approximate surface area is 174 Å². The summed E-state index contributed by atoms with van der Waals surface area (Å²) in [5.41, 5.74) is 0.744. The van der Waals surface area contributed by atoms with Gasteiger partial charge in [-0.05, 0) is 38.1 Å². The van der Waals surface area contributed by atoms with Gasteiger partial charge in [0.05, 0.1) is 21.2 Å². The van der Waals surface area contributed by atoms with Crippen molar-refractivity contribution < 1.29 is 14.1 Å². The molecule has 0 saturated heterocycles. The smallest absolute Gasteiger partial charge is 0.349 e. The summed E-state index contributed by atoms with van der Waals surface area (Å²) in [6.07, 6.45) is 0. The third-order valence-corrected chi connectivity index (χ3v) is 5.86. The Kier molecular flexibility index (Phi) is 4.96. The largest absolute Gasteiger partial charge is 0.422 e. The predicted molar refractivity (Wildman–Crippen MR) is 111 cm³/mol. The maximum atomic E-state index is 13.0. The molecule has 0 saturated carbocycles. The van der Waals surface area contributed by atoms with Gasteiger partial charge in [-0.15, -0.1) is 0 Å². The number of nitro groups is 1. The SMILES string of the molecule is Cc1nn(C(=O)c2cc3ccccc3oc2=O)c(C)c1Sc1ccc([N+](=O)[O-])cc1. The minimum atomic E-state index is -0.726. The van der Waals surface area contributed by atoms with E-state index < -0.39 is 16.5 Å². The molecule has 4 rings (SSSR count). The van der Waals surface area contributed by atoms with E-state index in [1.807, 2.05) is 0 Å². The molecule has 0 aliphatic heterocycles. The number of para-hydroxylation sites is 1. The number of non-ortho nitro benzene ring substituents is 1. The van der Waals surface area contributed by atoms with Crippen LogP contribution in [-0.2, 0) is 0 Å². The Morgan fingerprint density at radius 3 is 2.53 bits per heavy atom. The lowest BCUT2D eigenvalue weighted by Crippen LogP contribution is -2.22. The zero-order valence-electron chi connectivity index (χ0n) is 16.0. The standard InChI is InChI=1S/C21H15N3O5S/c1-12-19(30-16-9-7-15(8-10-16)24(27)28)13(2)23(22-12)20(25)17-11-14-5-3-4-6-18(14)29-21(17)26/h3-11H,1-2H3. The second-order valence-electron chi connectivity index (χ2n) is 6.56. The Balaban J connectivity index is 1.69. The Morgan fingerprint density at radius 2 is 1.83 bits per heavy atom. The van der Waals surface area contributed by atoms with Gasteiger partial charge in [0, 0.05) is 22.4 Å². The molecule has 2 aromatic heterocycles. The molecule has 30 heavy (non-hydrogen) atoms. The fraction of sp³-hybridized carbons (Fsp3) is 0.0952. The Hall–Kier alpha value is -3.72. The first kappa shape index (κ1) is 19.6. The van der Waals surface area contributed by atoms with E-state index in [9.17, 15) is 19.7 Å². The number of aryl methyl sites for hydroxylation is 1. The Bertz CT molecular complexity index is 1360. The van der Waals surface area contributed by atoms with Crippen molar-refractivity contribution in [1.29, 1.82) is 0 Å². The minimum absolute atomic E-state index is 0.00157. The maximum absolute atomic E-state index is 13.0. The van der Waals surface area contributed by atoms with E-state index in [2.05, 4.69) is 5.10 Å². The van der Waals surface area contributed by atoms with E-state index in [-0.39, 0.29) is 11.3 Å². The van der Waals surface area contributed by atoms with Crippen LogP contribution in [0.2, 0.25) is 0 Å². The van der Waals surface area contributed by atoms with Crippen molar-refractivity contribution in [1.82, 2.24) is 9.78 Å². The summed E-state index contributed by atoms with van der Waals surface area (Å²) >= 11 is 1.34. The van der Waals surface area contributed by atoms with Crippen LogP contribution in [-0.4, -0.2) is 20.6 Å². The van der Waals surface area contributed by atoms with E-state index in [1.54, 1.807) is 50.2 Å². The molecule has 4 aromatic rings. The molecule has 0 amide bonds. The van der Waals surface area contributed by atoms with Crippen LogP contribution in [0.4, 0.5) is 5.69 Å². The molecule has 0 radical (unpaired) electrons. The van der Waals surface area contributed by atoms with Crippen molar-refractivity contribution >= 4 is 34.3 Å². The summed E-state index contributed by atoms with van der Waals surface area (Å²) in [6, 6.07) is 14.6. The number of hydrogen-bond acceptors (Lipinski definition) is 7. The van der Waals surface area contributed by atoms with Gasteiger partial charge in [0.1, 0.15) is 11.1 Å². The van der Waals surface area contributed by atoms with Crippen LogP contribution in [0.25, 0.3) is 11.0 Å². The molecule has 150 valence electrons. The van der Waals surface area contributed by atoms with Gasteiger partial charge in [-0.25, -0.2) is 4.79 Å². The number of benzene rings is 2. The van der Waals surface area contributed by atoms with Gasteiger partial charge < -0.3 is 4.42 Å². The number of fused-ring (bicyclic) bond motifs is 1. The molecule has 0 spiro atoms. The predicted octanol–water partition coefficient (Wildman–Crippen LogP) is 4.35. The first-order valence-corrected chi connectivity index (χ1v) is 9.73. The maximum Gasteiger partial charge on any atom is 0.349 e. The summed E-state index contributed by atoms with van der Waals surface area (Å²) in [7, 11) is 0. The molecule has 2 heterocycles. The van der Waals surface area contributed by atoms with Crippen LogP contribution in [0.5, 0.6) is 0 Å². The van der Waals surface area contributed by atoms with Crippen molar-refractivity contribution in [3.05, 3.63) is 92.1 Å². The summed E-state index contributed by atoms with van der Waals surface area (Å²) in [6.45, 7) is 3.49. The molecule has 0 N–H and O–H groups in total. The van der Waals surface area contributed by atoms with Gasteiger partial charge in [0.25, 0.3) is 11.6 Å². The molecule has 0 aliphatic rings. The van der Waals surface area contributed by atoms with E-state index in [4.69, 9.17) is 4.42 Å². The van der Waals surface area contributed by atoms with Gasteiger partial charge in [0.2, 0.25) is 0 Å². The van der Waals surface area contributed by atoms with Crippen molar-refractivity contribution in [2.75, 3.05) is 0 Å². The molecule has 0 aliphatic carbocycles. The van der Waals surface area contributed by atoms with Crippen molar-refractivity contribution in [3.8, 4) is 0 Å². The Morgan fingerprint density at radius 1 is 1.13 bits per heavy atom. The normalized spacial score (nSPS) is 11.0. The van der Waals surface area contributed by atoms with Crippen LogP contribution in [0, 0.1) is 24.0 Å². The monoisotopic (exact) mass is 421 g/mol. The van der Waals surface area contributed by atoms with Crippen molar-refractivity contribution in [3.63, 3.8) is 0 Å². The summed E-state index contributed by atoms with van der Waals surface area (Å²) < 4.78 is 6.45. The number of hydrogen-bond donors (Lipinski definition) is 0. The van der Waals surface area contributed by atoms with Crippen molar-refractivity contribution in [2.24, 2.45) is 0 Å². The van der Waals surface area contributed by atoms with Crippen molar-refractivity contribution in [2.45, 2.75) is 23.6 Å². The first-order valence-electron chi connectivity index (χ1n) is 8.91. The molecule has 0 atom stereocenters. The minimum Gasteiger partial charge on any atom is -0.422 e. The molecular weight excluding hydrogens is 406 g/mol. The molecule has 2 aromatic carbocycles. The molecule has 0 unspecified atom stereocenters. The molecular formula is C21H15N3O5S. The number of rotatable bonds is 4. The highest BCUT2D eigenvalue weighted by Gasteiger charge is 2.22. The number of carbonyl (C=O) groups excluding carboxylic acids is 1. The van der Waals surface area contributed by atoms with Crippen LogP contribution in [0.3, 0.4) is 0 Å². The zero-order chi connectivity index (χ0) is 21.4. The van der Waals surface area contributed by atoms with E-state index >= 15 is 0 Å². The van der Waals surface area contributed by atoms with Crippen LogP contribution >= 0.6 is 11.8 Å². The number of nitro benzene ring substituents is 1. The summed E-state index contributed by atoms with van der Waals surface area (Å²) in [5.74, 6) is -0.578. The zero-order valence-corrected chi connectivity index (χ0v) is 16.8. The van der Waals surface area contributed by atoms with Gasteiger partial charge >= 0.3 is 5.63 Å². The van der Waals surface area contributed by atoms with E-state index in [1.165, 1.54) is 34.6 Å². The van der Waals surface area contributed by atoms with Gasteiger partial charge in [-0.1, -0.05) is 30.0 Å². The quantitative estimate of drug-likeness (QED) is 0.274. The van der Waals surface area contributed by atoms with Gasteiger partial charge in [-0.2, -0.15) is 9.78 Å². The van der Waals surface area contributed by atoms with Gasteiger partial charge in [-0.3, -0.25) is 14.9 Å². The lowest BCUT2D eigenvalue weighted by atomic mass is 10.2. The van der Waals surface area contributed by atoms with Crippen LogP contribution in [0.1, 0.15) is 21.7 Å². The highest BCUT2D eigenvalue weighted by molar-refractivity contribution is 7.99. The topological polar surface area (TPSA) is 108 Å². The fourth-order valence-corrected chi connectivity index (χ4v) is 3.98. The number of nitrogens with zero attached hydrogens (tertiary/aromatic N) is 3. The molecule has 8 nitrogen and oxygen atoms in total. The highest BCUT2D eigenvalue weighted by Crippen LogP contribution is 2.33. The molecule has 0 fully saturated rings. The summed E-state index contributed by atoms with van der Waals surface area (Å²) in [5, 5.41) is 15.8. The second kappa shape index (κ2) is 7.60. The van der Waals surface area contributed by atoms with Crippen LogP contribution in [0.15, 0.2) is 73.6 Å². The van der Waals surface area contributed by atoms with E-state index in [0.29, 0.717) is 22.4 Å². The average molecular weight is 421 g/mol. The molecule has 9 heteroatoms. The fourth-order valence-electron chi connectivity index (χ4n) is 3.05. The van der Waals surface area contributed by atoms with Crippen LogP contribution < -0.4 is 5.63 Å². The van der Waals surface area contributed by atoms with Gasteiger partial charge in [0.15, 0.2) is 0 Å². The average Bonchev–Trinajstić information content (AvgIpc) is 3.01. The lowest BCUT2D eigenvalue weighted by Gasteiger charge is -2.05. The van der Waals surface area contributed by atoms with E-state index in [0.717, 1.165) is 9.79 Å². The number of aromatic nitrogens is 2. The number of carbonyl (C=O) groups is 1. The second-order valence-corrected chi connectivity index (χ2v) is 7.64.